The molecule has 5 nitrogen and oxygen atoms in total. The first-order chi connectivity index (χ1) is 11.2. The number of benzene rings is 1. The maximum atomic E-state index is 12.4. The van der Waals surface area contributed by atoms with E-state index in [2.05, 4.69) is 15.6 Å². The summed E-state index contributed by atoms with van der Waals surface area (Å²) in [6.07, 6.45) is 2.47. The van der Waals surface area contributed by atoms with Gasteiger partial charge in [-0.05, 0) is 6.07 Å². The average Bonchev–Trinajstić information content (AvgIpc) is 3.14. The molecule has 2 aromatic rings. The van der Waals surface area contributed by atoms with Gasteiger partial charge in [-0.25, -0.2) is 4.98 Å². The van der Waals surface area contributed by atoms with Gasteiger partial charge >= 0.3 is 0 Å². The van der Waals surface area contributed by atoms with Crippen LogP contribution >= 0.6 is 22.9 Å². The molecule has 1 unspecified atom stereocenters. The summed E-state index contributed by atoms with van der Waals surface area (Å²) in [7, 11) is 0. The van der Waals surface area contributed by atoms with E-state index in [1.54, 1.807) is 6.20 Å². The van der Waals surface area contributed by atoms with Crippen LogP contribution in [0.3, 0.4) is 0 Å². The molecule has 1 spiro atoms. The van der Waals surface area contributed by atoms with Crippen molar-refractivity contribution in [3.63, 3.8) is 0 Å². The Balaban J connectivity index is 1.44. The number of ether oxygens (including phenoxy) is 1. The molecule has 120 valence electrons. The number of carbonyl (C=O) groups is 1. The number of amides is 1. The van der Waals surface area contributed by atoms with Crippen LogP contribution in [-0.2, 0) is 4.74 Å². The zero-order chi connectivity index (χ0) is 15.9. The van der Waals surface area contributed by atoms with Gasteiger partial charge in [0.2, 0.25) is 0 Å². The maximum Gasteiger partial charge on any atom is 0.263 e. The van der Waals surface area contributed by atoms with Crippen molar-refractivity contribution in [2.24, 2.45) is 0 Å². The van der Waals surface area contributed by atoms with E-state index in [-0.39, 0.29) is 17.6 Å². The Morgan fingerprint density at radius 3 is 2.96 bits per heavy atom. The molecule has 7 heteroatoms. The number of thiazole rings is 1. The lowest BCUT2D eigenvalue weighted by atomic mass is 9.92. The Labute approximate surface area is 143 Å². The topological polar surface area (TPSA) is 63.2 Å². The molecule has 2 N–H and O–H groups in total. The number of nitrogens with one attached hydrogen (secondary N) is 2. The van der Waals surface area contributed by atoms with Crippen LogP contribution in [0.1, 0.15) is 16.1 Å². The summed E-state index contributed by atoms with van der Waals surface area (Å²) in [6, 6.07) is 7.57. The summed E-state index contributed by atoms with van der Waals surface area (Å²) in [5.41, 5.74) is 0.788. The molecular weight excluding hydrogens is 334 g/mol. The lowest BCUT2D eigenvalue weighted by molar-refractivity contribution is -0.0360. The van der Waals surface area contributed by atoms with Crippen molar-refractivity contribution >= 4 is 28.8 Å². The van der Waals surface area contributed by atoms with Crippen LogP contribution in [0, 0.1) is 0 Å². The highest BCUT2D eigenvalue weighted by molar-refractivity contribution is 7.17. The van der Waals surface area contributed by atoms with E-state index in [1.807, 2.05) is 24.3 Å². The zero-order valence-corrected chi connectivity index (χ0v) is 13.9. The van der Waals surface area contributed by atoms with Crippen molar-refractivity contribution in [3.05, 3.63) is 40.4 Å². The van der Waals surface area contributed by atoms with E-state index in [0.29, 0.717) is 16.5 Å². The van der Waals surface area contributed by atoms with Gasteiger partial charge in [0.1, 0.15) is 9.88 Å². The van der Waals surface area contributed by atoms with Crippen molar-refractivity contribution in [2.45, 2.75) is 18.1 Å². The van der Waals surface area contributed by atoms with Gasteiger partial charge in [0.15, 0.2) is 0 Å². The van der Waals surface area contributed by atoms with Crippen LogP contribution in [0.15, 0.2) is 30.5 Å². The third kappa shape index (κ3) is 2.87. The lowest BCUT2D eigenvalue weighted by Gasteiger charge is -2.38. The molecule has 1 aromatic carbocycles. The number of hydrogen-bond acceptors (Lipinski definition) is 5. The molecule has 0 aliphatic carbocycles. The van der Waals surface area contributed by atoms with Gasteiger partial charge in [0, 0.05) is 25.1 Å². The molecule has 2 saturated heterocycles. The highest BCUT2D eigenvalue weighted by Gasteiger charge is 2.45. The highest BCUT2D eigenvalue weighted by Crippen LogP contribution is 2.32. The van der Waals surface area contributed by atoms with Gasteiger partial charge in [-0.3, -0.25) is 4.79 Å². The minimum atomic E-state index is -0.0984. The number of aromatic nitrogens is 1. The quantitative estimate of drug-likeness (QED) is 0.892. The maximum absolute atomic E-state index is 12.4. The zero-order valence-electron chi connectivity index (χ0n) is 12.3. The third-order valence-electron chi connectivity index (χ3n) is 4.27. The normalized spacial score (nSPS) is 22.0. The monoisotopic (exact) mass is 349 g/mol. The second kappa shape index (κ2) is 5.87. The molecule has 23 heavy (non-hydrogen) atoms. The smallest absolute Gasteiger partial charge is 0.263 e. The Bertz CT molecular complexity index is 744. The van der Waals surface area contributed by atoms with Gasteiger partial charge < -0.3 is 15.4 Å². The minimum absolute atomic E-state index is 0.0611. The molecule has 0 bridgehead atoms. The molecule has 3 heterocycles. The minimum Gasteiger partial charge on any atom is -0.370 e. The summed E-state index contributed by atoms with van der Waals surface area (Å²) in [5.74, 6) is -0.0984. The number of carbonyl (C=O) groups excluding carboxylic acids is 1. The summed E-state index contributed by atoms with van der Waals surface area (Å²) in [4.78, 5) is 17.3. The summed E-state index contributed by atoms with van der Waals surface area (Å²) in [5, 5.41) is 7.65. The lowest BCUT2D eigenvalue weighted by Crippen LogP contribution is -2.59. The SMILES string of the molecule is O=C(NC1COC2(CNC2)C1)c1cnc(-c2ccccc2Cl)s1. The second-order valence-electron chi connectivity index (χ2n) is 5.98. The second-order valence-corrected chi connectivity index (χ2v) is 7.42. The van der Waals surface area contributed by atoms with E-state index in [1.165, 1.54) is 11.3 Å². The van der Waals surface area contributed by atoms with Crippen LogP contribution < -0.4 is 10.6 Å². The van der Waals surface area contributed by atoms with Gasteiger partial charge in [-0.2, -0.15) is 0 Å². The molecule has 2 aliphatic heterocycles. The molecule has 1 atom stereocenters. The first kappa shape index (κ1) is 15.1. The number of rotatable bonds is 3. The molecule has 0 radical (unpaired) electrons. The van der Waals surface area contributed by atoms with Gasteiger partial charge in [0.25, 0.3) is 5.91 Å². The largest absolute Gasteiger partial charge is 0.370 e. The highest BCUT2D eigenvalue weighted by atomic mass is 35.5. The molecule has 2 aliphatic rings. The Morgan fingerprint density at radius 2 is 2.26 bits per heavy atom. The van der Waals surface area contributed by atoms with Crippen LogP contribution in [0.2, 0.25) is 5.02 Å². The van der Waals surface area contributed by atoms with Crippen molar-refractivity contribution < 1.29 is 9.53 Å². The standard InChI is InChI=1S/C16H16ClN3O2S/c17-12-4-2-1-3-11(12)15-19-6-13(23-15)14(21)20-10-5-16(22-7-10)8-18-9-16/h1-4,6,10,18H,5,7-9H2,(H,20,21). The fourth-order valence-electron chi connectivity index (χ4n) is 2.98. The van der Waals surface area contributed by atoms with Crippen LogP contribution in [-0.4, -0.2) is 42.2 Å². The Morgan fingerprint density at radius 1 is 1.43 bits per heavy atom. The molecular formula is C16H16ClN3O2S. The molecule has 4 rings (SSSR count). The van der Waals surface area contributed by atoms with Crippen molar-refractivity contribution in [1.29, 1.82) is 0 Å². The van der Waals surface area contributed by atoms with Crippen molar-refractivity contribution in [2.75, 3.05) is 19.7 Å². The number of nitrogens with zero attached hydrogens (tertiary/aromatic N) is 1. The molecule has 0 saturated carbocycles. The van der Waals surface area contributed by atoms with E-state index >= 15 is 0 Å². The fourth-order valence-corrected chi connectivity index (χ4v) is 4.12. The molecule has 1 amide bonds. The van der Waals surface area contributed by atoms with E-state index < -0.39 is 0 Å². The predicted octanol–water partition coefficient (Wildman–Crippen LogP) is 2.32. The van der Waals surface area contributed by atoms with Crippen molar-refractivity contribution in [3.8, 4) is 10.6 Å². The van der Waals surface area contributed by atoms with Gasteiger partial charge in [-0.15, -0.1) is 11.3 Å². The van der Waals surface area contributed by atoms with Crippen molar-refractivity contribution in [1.82, 2.24) is 15.6 Å². The average molecular weight is 350 g/mol. The Hall–Kier alpha value is -1.47. The summed E-state index contributed by atoms with van der Waals surface area (Å²) < 4.78 is 5.81. The first-order valence-corrected chi connectivity index (χ1v) is 8.71. The number of halogens is 1. The van der Waals surface area contributed by atoms with Crippen LogP contribution in [0.5, 0.6) is 0 Å². The first-order valence-electron chi connectivity index (χ1n) is 7.51. The van der Waals surface area contributed by atoms with E-state index in [9.17, 15) is 4.79 Å². The molecule has 2 fully saturated rings. The Kier molecular flexibility index (Phi) is 3.85. The van der Waals surface area contributed by atoms with Crippen LogP contribution in [0.25, 0.3) is 10.6 Å². The van der Waals surface area contributed by atoms with E-state index in [0.717, 1.165) is 30.1 Å². The summed E-state index contributed by atoms with van der Waals surface area (Å²) >= 11 is 7.53. The van der Waals surface area contributed by atoms with Gasteiger partial charge in [-0.1, -0.05) is 29.8 Å². The van der Waals surface area contributed by atoms with E-state index in [4.69, 9.17) is 16.3 Å². The molecule has 1 aromatic heterocycles. The van der Waals surface area contributed by atoms with Crippen LogP contribution in [0.4, 0.5) is 0 Å². The summed E-state index contributed by atoms with van der Waals surface area (Å²) in [6.45, 7) is 2.32. The fraction of sp³-hybridized carbons (Fsp3) is 0.375. The number of hydrogen-bond donors (Lipinski definition) is 2. The van der Waals surface area contributed by atoms with Gasteiger partial charge in [0.05, 0.1) is 29.5 Å². The third-order valence-corrected chi connectivity index (χ3v) is 5.63. The predicted molar refractivity (Wildman–Crippen MR) is 90.0 cm³/mol.